The standard InChI is InChI=1S/C20H21ClF3N5O/c1-11-9-17(20(22,23)24)27-29(11)14(4)19(30)25-18-12(2)26-28(13(18)3)10-15-7-5-6-8-16(15)21/h5-9,14H,10H2,1-4H3,(H,25,30). The minimum absolute atomic E-state index is 0.243. The number of carbonyl (C=O) groups is 1. The molecule has 0 aliphatic rings. The van der Waals surface area contributed by atoms with E-state index in [4.69, 9.17) is 11.6 Å². The van der Waals surface area contributed by atoms with Gasteiger partial charge in [0.15, 0.2) is 5.69 Å². The third kappa shape index (κ3) is 4.35. The van der Waals surface area contributed by atoms with Gasteiger partial charge in [-0.3, -0.25) is 14.2 Å². The van der Waals surface area contributed by atoms with Crippen molar-refractivity contribution in [3.8, 4) is 0 Å². The zero-order chi connectivity index (χ0) is 22.2. The van der Waals surface area contributed by atoms with Crippen LogP contribution in [0.15, 0.2) is 30.3 Å². The highest BCUT2D eigenvalue weighted by atomic mass is 35.5. The highest BCUT2D eigenvalue weighted by molar-refractivity contribution is 6.31. The maximum atomic E-state index is 12.9. The fourth-order valence-corrected chi connectivity index (χ4v) is 3.37. The molecule has 1 unspecified atom stereocenters. The molecule has 160 valence electrons. The summed E-state index contributed by atoms with van der Waals surface area (Å²) in [6.07, 6.45) is -4.57. The van der Waals surface area contributed by atoms with Crippen LogP contribution in [0.2, 0.25) is 5.02 Å². The zero-order valence-corrected chi connectivity index (χ0v) is 17.6. The van der Waals surface area contributed by atoms with E-state index in [2.05, 4.69) is 15.5 Å². The number of hydrogen-bond donors (Lipinski definition) is 1. The van der Waals surface area contributed by atoms with Crippen LogP contribution in [0.25, 0.3) is 0 Å². The Bertz CT molecular complexity index is 1090. The smallest absolute Gasteiger partial charge is 0.321 e. The Labute approximate surface area is 176 Å². The molecule has 2 aromatic heterocycles. The minimum Gasteiger partial charge on any atom is -0.321 e. The van der Waals surface area contributed by atoms with E-state index >= 15 is 0 Å². The van der Waals surface area contributed by atoms with Crippen molar-refractivity contribution in [2.24, 2.45) is 0 Å². The summed E-state index contributed by atoms with van der Waals surface area (Å²) < 4.78 is 41.5. The Hall–Kier alpha value is -2.81. The molecular formula is C20H21ClF3N5O. The number of hydrogen-bond acceptors (Lipinski definition) is 3. The SMILES string of the molecule is Cc1nn(Cc2ccccc2Cl)c(C)c1NC(=O)C(C)n1nc(C(F)(F)F)cc1C. The number of nitrogens with zero attached hydrogens (tertiary/aromatic N) is 4. The third-order valence-electron chi connectivity index (χ3n) is 4.87. The minimum atomic E-state index is -4.57. The number of anilines is 1. The predicted octanol–water partition coefficient (Wildman–Crippen LogP) is 4.93. The van der Waals surface area contributed by atoms with Gasteiger partial charge in [0.05, 0.1) is 23.6 Å². The van der Waals surface area contributed by atoms with Gasteiger partial charge in [-0.25, -0.2) is 0 Å². The van der Waals surface area contributed by atoms with Gasteiger partial charge in [-0.2, -0.15) is 23.4 Å². The number of halogens is 4. The number of rotatable bonds is 5. The van der Waals surface area contributed by atoms with Crippen molar-refractivity contribution in [3.63, 3.8) is 0 Å². The molecule has 0 aliphatic carbocycles. The molecule has 0 saturated carbocycles. The molecule has 2 heterocycles. The summed E-state index contributed by atoms with van der Waals surface area (Å²) in [6, 6.07) is 7.36. The zero-order valence-electron chi connectivity index (χ0n) is 16.9. The molecule has 0 bridgehead atoms. The lowest BCUT2D eigenvalue weighted by molar-refractivity contribution is -0.141. The summed E-state index contributed by atoms with van der Waals surface area (Å²) in [5.74, 6) is -0.488. The summed E-state index contributed by atoms with van der Waals surface area (Å²) in [4.78, 5) is 12.7. The second-order valence-electron chi connectivity index (χ2n) is 7.07. The Balaban J connectivity index is 1.81. The number of amides is 1. The van der Waals surface area contributed by atoms with Crippen LogP contribution in [0, 0.1) is 20.8 Å². The Morgan fingerprint density at radius 1 is 1.20 bits per heavy atom. The van der Waals surface area contributed by atoms with Gasteiger partial charge in [-0.05, 0) is 45.4 Å². The number of alkyl halides is 3. The van der Waals surface area contributed by atoms with Crippen LogP contribution in [0.4, 0.5) is 18.9 Å². The molecule has 1 aromatic carbocycles. The molecule has 3 rings (SSSR count). The maximum absolute atomic E-state index is 12.9. The molecule has 0 fully saturated rings. The first-order valence-electron chi connectivity index (χ1n) is 9.20. The summed E-state index contributed by atoms with van der Waals surface area (Å²) in [6.45, 7) is 6.94. The van der Waals surface area contributed by atoms with Crippen molar-refractivity contribution in [1.29, 1.82) is 0 Å². The number of nitrogens with one attached hydrogen (secondary N) is 1. The first-order valence-corrected chi connectivity index (χ1v) is 9.58. The van der Waals surface area contributed by atoms with Gasteiger partial charge in [-0.1, -0.05) is 29.8 Å². The summed E-state index contributed by atoms with van der Waals surface area (Å²) in [7, 11) is 0. The molecule has 6 nitrogen and oxygen atoms in total. The van der Waals surface area contributed by atoms with Gasteiger partial charge in [0.1, 0.15) is 6.04 Å². The summed E-state index contributed by atoms with van der Waals surface area (Å²) in [5.41, 5.74) is 1.91. The quantitative estimate of drug-likeness (QED) is 0.613. The van der Waals surface area contributed by atoms with Crippen molar-refractivity contribution in [1.82, 2.24) is 19.6 Å². The van der Waals surface area contributed by atoms with E-state index in [1.165, 1.54) is 13.8 Å². The molecule has 1 amide bonds. The van der Waals surface area contributed by atoms with Crippen molar-refractivity contribution in [2.45, 2.75) is 46.5 Å². The average molecular weight is 440 g/mol. The monoisotopic (exact) mass is 439 g/mol. The van der Waals surface area contributed by atoms with Crippen LogP contribution in [0.1, 0.15) is 41.3 Å². The first kappa shape index (κ1) is 21.9. The molecule has 0 radical (unpaired) electrons. The van der Waals surface area contributed by atoms with Crippen LogP contribution in [-0.4, -0.2) is 25.5 Å². The molecule has 0 spiro atoms. The van der Waals surface area contributed by atoms with Crippen LogP contribution in [-0.2, 0) is 17.5 Å². The third-order valence-corrected chi connectivity index (χ3v) is 5.24. The summed E-state index contributed by atoms with van der Waals surface area (Å²) >= 11 is 6.21. The molecular weight excluding hydrogens is 419 g/mol. The van der Waals surface area contributed by atoms with E-state index in [1.807, 2.05) is 18.2 Å². The predicted molar refractivity (Wildman–Crippen MR) is 108 cm³/mol. The van der Waals surface area contributed by atoms with Gasteiger partial charge in [0.2, 0.25) is 5.91 Å². The van der Waals surface area contributed by atoms with Crippen LogP contribution < -0.4 is 5.32 Å². The summed E-state index contributed by atoms with van der Waals surface area (Å²) in [5, 5.41) is 11.4. The maximum Gasteiger partial charge on any atom is 0.435 e. The lowest BCUT2D eigenvalue weighted by Gasteiger charge is -2.15. The second-order valence-corrected chi connectivity index (χ2v) is 7.48. The molecule has 3 aromatic rings. The number of aryl methyl sites for hydroxylation is 2. The number of benzene rings is 1. The number of carbonyl (C=O) groups excluding carboxylic acids is 1. The Kier molecular flexibility index (Phi) is 5.94. The molecule has 1 N–H and O–H groups in total. The fourth-order valence-electron chi connectivity index (χ4n) is 3.18. The average Bonchev–Trinajstić information content (AvgIpc) is 3.18. The molecule has 10 heteroatoms. The van der Waals surface area contributed by atoms with E-state index in [0.717, 1.165) is 16.3 Å². The van der Waals surface area contributed by atoms with Crippen molar-refractivity contribution in [2.75, 3.05) is 5.32 Å². The van der Waals surface area contributed by atoms with E-state index in [0.29, 0.717) is 28.6 Å². The van der Waals surface area contributed by atoms with E-state index in [-0.39, 0.29) is 5.69 Å². The van der Waals surface area contributed by atoms with Gasteiger partial charge in [0.25, 0.3) is 0 Å². The van der Waals surface area contributed by atoms with Crippen molar-refractivity contribution >= 4 is 23.2 Å². The van der Waals surface area contributed by atoms with Gasteiger partial charge >= 0.3 is 6.18 Å². The van der Waals surface area contributed by atoms with E-state index < -0.39 is 23.8 Å². The van der Waals surface area contributed by atoms with Crippen LogP contribution in [0.5, 0.6) is 0 Å². The van der Waals surface area contributed by atoms with Crippen LogP contribution in [0.3, 0.4) is 0 Å². The fraction of sp³-hybridized carbons (Fsp3) is 0.350. The highest BCUT2D eigenvalue weighted by Gasteiger charge is 2.35. The van der Waals surface area contributed by atoms with Crippen LogP contribution >= 0.6 is 11.6 Å². The lowest BCUT2D eigenvalue weighted by Crippen LogP contribution is -2.26. The largest absolute Gasteiger partial charge is 0.435 e. The molecule has 0 saturated heterocycles. The van der Waals surface area contributed by atoms with Gasteiger partial charge in [-0.15, -0.1) is 0 Å². The van der Waals surface area contributed by atoms with Crippen molar-refractivity contribution in [3.05, 3.63) is 63.7 Å². The molecule has 0 aliphatic heterocycles. The van der Waals surface area contributed by atoms with Crippen molar-refractivity contribution < 1.29 is 18.0 Å². The van der Waals surface area contributed by atoms with Gasteiger partial charge < -0.3 is 5.32 Å². The normalized spacial score (nSPS) is 12.8. The van der Waals surface area contributed by atoms with Gasteiger partial charge in [0, 0.05) is 10.7 Å². The Morgan fingerprint density at radius 3 is 2.47 bits per heavy atom. The highest BCUT2D eigenvalue weighted by Crippen LogP contribution is 2.30. The molecule has 1 atom stereocenters. The number of aromatic nitrogens is 4. The lowest BCUT2D eigenvalue weighted by atomic mass is 10.2. The first-order chi connectivity index (χ1) is 14.0. The topological polar surface area (TPSA) is 64.7 Å². The second kappa shape index (κ2) is 8.14. The molecule has 30 heavy (non-hydrogen) atoms. The van der Waals surface area contributed by atoms with E-state index in [1.54, 1.807) is 24.6 Å². The Morgan fingerprint density at radius 2 is 1.87 bits per heavy atom. The van der Waals surface area contributed by atoms with E-state index in [9.17, 15) is 18.0 Å².